The maximum atomic E-state index is 12.0. The van der Waals surface area contributed by atoms with Crippen LogP contribution in [0.3, 0.4) is 0 Å². The van der Waals surface area contributed by atoms with Crippen molar-refractivity contribution in [1.82, 2.24) is 5.32 Å². The van der Waals surface area contributed by atoms with Gasteiger partial charge >= 0.3 is 0 Å². The van der Waals surface area contributed by atoms with Crippen LogP contribution in [-0.4, -0.2) is 24.2 Å². The number of hydrogen-bond donors (Lipinski definition) is 2. The molecule has 1 saturated carbocycles. The molecule has 1 heterocycles. The highest BCUT2D eigenvalue weighted by Crippen LogP contribution is 2.38. The Morgan fingerprint density at radius 3 is 2.85 bits per heavy atom. The van der Waals surface area contributed by atoms with Gasteiger partial charge in [-0.15, -0.1) is 0 Å². The average molecular weight is 378 g/mol. The van der Waals surface area contributed by atoms with Crippen molar-refractivity contribution in [3.8, 4) is 5.75 Å². The third-order valence-corrected chi connectivity index (χ3v) is 4.97. The molecule has 2 aromatic rings. The standard InChI is InChI=1S/C20H24ClNO4/c21-15-8-9-18(16(11-15)14-5-2-1-3-6-14)26-13-20(24)22-12-17(23)19-7-4-10-25-19/h4,7-11,14,17,23H,1-3,5-6,12-13H2,(H,22,24). The molecule has 1 fully saturated rings. The summed E-state index contributed by atoms with van der Waals surface area (Å²) in [5, 5.41) is 13.3. The third-order valence-electron chi connectivity index (χ3n) is 4.74. The van der Waals surface area contributed by atoms with E-state index in [1.807, 2.05) is 12.1 Å². The summed E-state index contributed by atoms with van der Waals surface area (Å²) in [6.45, 7) is -0.0297. The third kappa shape index (κ3) is 5.02. The molecule has 0 radical (unpaired) electrons. The number of aliphatic hydroxyl groups excluding tert-OH is 1. The minimum atomic E-state index is -0.873. The molecule has 1 aromatic heterocycles. The number of nitrogens with one attached hydrogen (secondary N) is 1. The van der Waals surface area contributed by atoms with E-state index in [1.165, 1.54) is 25.5 Å². The number of carbonyl (C=O) groups excluding carboxylic acids is 1. The van der Waals surface area contributed by atoms with Gasteiger partial charge in [-0.25, -0.2) is 0 Å². The Balaban J connectivity index is 1.54. The topological polar surface area (TPSA) is 71.7 Å². The summed E-state index contributed by atoms with van der Waals surface area (Å²) in [7, 11) is 0. The van der Waals surface area contributed by atoms with Gasteiger partial charge in [0.15, 0.2) is 6.61 Å². The molecule has 0 saturated heterocycles. The van der Waals surface area contributed by atoms with Crippen molar-refractivity contribution in [2.75, 3.05) is 13.2 Å². The van der Waals surface area contributed by atoms with Crippen molar-refractivity contribution in [2.45, 2.75) is 44.1 Å². The largest absolute Gasteiger partial charge is 0.483 e. The smallest absolute Gasteiger partial charge is 0.258 e. The summed E-state index contributed by atoms with van der Waals surface area (Å²) in [5.41, 5.74) is 1.08. The van der Waals surface area contributed by atoms with Gasteiger partial charge in [-0.1, -0.05) is 30.9 Å². The van der Waals surface area contributed by atoms with Crippen LogP contribution in [0, 0.1) is 0 Å². The minimum Gasteiger partial charge on any atom is -0.483 e. The highest BCUT2D eigenvalue weighted by Gasteiger charge is 2.20. The van der Waals surface area contributed by atoms with Crippen LogP contribution in [0.15, 0.2) is 41.0 Å². The van der Waals surface area contributed by atoms with Crippen LogP contribution in [0.4, 0.5) is 0 Å². The second kappa shape index (κ2) is 9.10. The number of furan rings is 1. The Bertz CT molecular complexity index is 711. The normalized spacial score (nSPS) is 16.2. The molecule has 0 bridgehead atoms. The fourth-order valence-corrected chi connectivity index (χ4v) is 3.55. The van der Waals surface area contributed by atoms with E-state index in [9.17, 15) is 9.90 Å². The molecule has 140 valence electrons. The SMILES string of the molecule is O=C(COc1ccc(Cl)cc1C1CCCCC1)NCC(O)c1ccco1. The van der Waals surface area contributed by atoms with Crippen LogP contribution in [0.5, 0.6) is 5.75 Å². The fraction of sp³-hybridized carbons (Fsp3) is 0.450. The van der Waals surface area contributed by atoms with Crippen molar-refractivity contribution < 1.29 is 19.1 Å². The van der Waals surface area contributed by atoms with Crippen LogP contribution < -0.4 is 10.1 Å². The van der Waals surface area contributed by atoms with E-state index in [4.69, 9.17) is 20.8 Å². The summed E-state index contributed by atoms with van der Waals surface area (Å²) in [5.74, 6) is 1.27. The van der Waals surface area contributed by atoms with E-state index < -0.39 is 6.10 Å². The predicted octanol–water partition coefficient (Wildman–Crippen LogP) is 4.21. The molecule has 1 aromatic carbocycles. The lowest BCUT2D eigenvalue weighted by molar-refractivity contribution is -0.123. The van der Waals surface area contributed by atoms with E-state index in [2.05, 4.69) is 5.32 Å². The summed E-state index contributed by atoms with van der Waals surface area (Å²) >= 11 is 6.16. The molecule has 2 N–H and O–H groups in total. The zero-order chi connectivity index (χ0) is 18.4. The number of amides is 1. The second-order valence-electron chi connectivity index (χ2n) is 6.64. The zero-order valence-electron chi connectivity index (χ0n) is 14.6. The molecule has 5 nitrogen and oxygen atoms in total. The highest BCUT2D eigenvalue weighted by atomic mass is 35.5. The van der Waals surface area contributed by atoms with E-state index >= 15 is 0 Å². The second-order valence-corrected chi connectivity index (χ2v) is 7.08. The summed E-state index contributed by atoms with van der Waals surface area (Å²) < 4.78 is 10.9. The predicted molar refractivity (Wildman–Crippen MR) is 99.5 cm³/mol. The molecule has 6 heteroatoms. The molecule has 0 spiro atoms. The summed E-state index contributed by atoms with van der Waals surface area (Å²) in [4.78, 5) is 12.0. The lowest BCUT2D eigenvalue weighted by Gasteiger charge is -2.24. The van der Waals surface area contributed by atoms with Gasteiger partial charge in [-0.05, 0) is 54.7 Å². The molecule has 1 amide bonds. The van der Waals surface area contributed by atoms with Crippen LogP contribution in [-0.2, 0) is 4.79 Å². The van der Waals surface area contributed by atoms with Gasteiger partial charge in [0.05, 0.1) is 12.8 Å². The van der Waals surface area contributed by atoms with Gasteiger partial charge in [0.1, 0.15) is 17.6 Å². The zero-order valence-corrected chi connectivity index (χ0v) is 15.4. The first-order valence-electron chi connectivity index (χ1n) is 9.04. The van der Waals surface area contributed by atoms with Gasteiger partial charge in [0.2, 0.25) is 0 Å². The van der Waals surface area contributed by atoms with Crippen LogP contribution in [0.1, 0.15) is 55.4 Å². The molecule has 1 unspecified atom stereocenters. The monoisotopic (exact) mass is 377 g/mol. The van der Waals surface area contributed by atoms with E-state index in [1.54, 1.807) is 18.2 Å². The highest BCUT2D eigenvalue weighted by molar-refractivity contribution is 6.30. The van der Waals surface area contributed by atoms with Gasteiger partial charge in [0, 0.05) is 5.02 Å². The molecular formula is C20H24ClNO4. The van der Waals surface area contributed by atoms with Crippen LogP contribution in [0.25, 0.3) is 0 Å². The number of ether oxygens (including phenoxy) is 1. The average Bonchev–Trinajstić information content (AvgIpc) is 3.20. The van der Waals surface area contributed by atoms with Crippen molar-refractivity contribution in [1.29, 1.82) is 0 Å². The number of rotatable bonds is 7. The number of aliphatic hydroxyl groups is 1. The Morgan fingerprint density at radius 1 is 1.31 bits per heavy atom. The molecule has 1 aliphatic carbocycles. The maximum Gasteiger partial charge on any atom is 0.258 e. The molecule has 1 atom stereocenters. The number of hydrogen-bond acceptors (Lipinski definition) is 4. The first kappa shape index (κ1) is 18.8. The fourth-order valence-electron chi connectivity index (χ4n) is 3.37. The first-order chi connectivity index (χ1) is 12.6. The summed E-state index contributed by atoms with van der Waals surface area (Å²) in [6, 6.07) is 8.92. The number of benzene rings is 1. The minimum absolute atomic E-state index is 0.0752. The van der Waals surface area contributed by atoms with Crippen molar-refractivity contribution >= 4 is 17.5 Å². The lowest BCUT2D eigenvalue weighted by atomic mass is 9.84. The van der Waals surface area contributed by atoms with E-state index in [0.29, 0.717) is 22.5 Å². The molecular weight excluding hydrogens is 354 g/mol. The van der Waals surface area contributed by atoms with E-state index in [0.717, 1.165) is 18.4 Å². The first-order valence-corrected chi connectivity index (χ1v) is 9.41. The van der Waals surface area contributed by atoms with Gasteiger partial charge in [-0.3, -0.25) is 4.79 Å². The van der Waals surface area contributed by atoms with Gasteiger partial charge in [-0.2, -0.15) is 0 Å². The Morgan fingerprint density at radius 2 is 2.12 bits per heavy atom. The maximum absolute atomic E-state index is 12.0. The van der Waals surface area contributed by atoms with Crippen LogP contribution in [0.2, 0.25) is 5.02 Å². The van der Waals surface area contributed by atoms with E-state index in [-0.39, 0.29) is 19.1 Å². The van der Waals surface area contributed by atoms with Crippen LogP contribution >= 0.6 is 11.6 Å². The number of carbonyl (C=O) groups is 1. The quantitative estimate of drug-likeness (QED) is 0.758. The molecule has 3 rings (SSSR count). The van der Waals surface area contributed by atoms with Gasteiger partial charge in [0.25, 0.3) is 5.91 Å². The molecule has 26 heavy (non-hydrogen) atoms. The molecule has 0 aliphatic heterocycles. The van der Waals surface area contributed by atoms with Crippen molar-refractivity contribution in [3.63, 3.8) is 0 Å². The van der Waals surface area contributed by atoms with Crippen molar-refractivity contribution in [2.24, 2.45) is 0 Å². The lowest BCUT2D eigenvalue weighted by Crippen LogP contribution is -2.32. The van der Waals surface area contributed by atoms with Gasteiger partial charge < -0.3 is 19.6 Å². The number of halogens is 1. The Hall–Kier alpha value is -1.98. The Kier molecular flexibility index (Phi) is 6.58. The summed E-state index contributed by atoms with van der Waals surface area (Å²) in [6.07, 6.45) is 6.55. The molecule has 1 aliphatic rings. The Labute approximate surface area is 158 Å². The van der Waals surface area contributed by atoms with Crippen molar-refractivity contribution in [3.05, 3.63) is 52.9 Å².